The molecule has 1 aliphatic rings. The van der Waals surface area contributed by atoms with Crippen molar-refractivity contribution in [1.29, 1.82) is 0 Å². The van der Waals surface area contributed by atoms with Gasteiger partial charge in [-0.3, -0.25) is 9.50 Å². The third-order valence-electron chi connectivity index (χ3n) is 4.55. The molecule has 1 fully saturated rings. The zero-order valence-corrected chi connectivity index (χ0v) is 14.1. The molecule has 25 heavy (non-hydrogen) atoms. The van der Waals surface area contributed by atoms with E-state index in [0.29, 0.717) is 5.92 Å². The van der Waals surface area contributed by atoms with E-state index >= 15 is 0 Å². The Morgan fingerprint density at radius 2 is 2.24 bits per heavy atom. The SMILES string of the molecule is c1cn2c(-c3cn[nH]c3)cnc2c(Nc2sncc2C2CCNC2)n1. The van der Waals surface area contributed by atoms with Crippen molar-refractivity contribution in [3.05, 3.63) is 42.7 Å². The maximum absolute atomic E-state index is 4.55. The molecule has 1 saturated heterocycles. The highest BCUT2D eigenvalue weighted by Crippen LogP contribution is 2.34. The monoisotopic (exact) mass is 352 g/mol. The minimum absolute atomic E-state index is 0.502. The third kappa shape index (κ3) is 2.48. The van der Waals surface area contributed by atoms with Gasteiger partial charge in [0.05, 0.1) is 18.1 Å². The van der Waals surface area contributed by atoms with E-state index in [2.05, 4.69) is 35.2 Å². The topological polar surface area (TPSA) is 95.8 Å². The lowest BCUT2D eigenvalue weighted by Gasteiger charge is -2.11. The molecule has 5 heterocycles. The van der Waals surface area contributed by atoms with Gasteiger partial charge in [0.1, 0.15) is 5.00 Å². The van der Waals surface area contributed by atoms with Gasteiger partial charge in [0.15, 0.2) is 11.5 Å². The number of fused-ring (bicyclic) bond motifs is 1. The van der Waals surface area contributed by atoms with Crippen LogP contribution in [0.5, 0.6) is 0 Å². The fourth-order valence-electron chi connectivity index (χ4n) is 3.27. The van der Waals surface area contributed by atoms with Gasteiger partial charge < -0.3 is 10.6 Å². The van der Waals surface area contributed by atoms with Gasteiger partial charge in [0, 0.05) is 48.4 Å². The normalized spacial score (nSPS) is 17.4. The number of nitrogens with zero attached hydrogens (tertiary/aromatic N) is 5. The van der Waals surface area contributed by atoms with Crippen molar-refractivity contribution in [2.24, 2.45) is 0 Å². The lowest BCUT2D eigenvalue weighted by atomic mass is 10.0. The first-order valence-corrected chi connectivity index (χ1v) is 8.91. The molecular weight excluding hydrogens is 336 g/mol. The molecule has 0 saturated carbocycles. The van der Waals surface area contributed by atoms with Crippen LogP contribution in [0.3, 0.4) is 0 Å². The van der Waals surface area contributed by atoms with Crippen molar-refractivity contribution in [3.63, 3.8) is 0 Å². The molecule has 0 spiro atoms. The molecule has 1 unspecified atom stereocenters. The van der Waals surface area contributed by atoms with E-state index in [-0.39, 0.29) is 0 Å². The number of hydrogen-bond donors (Lipinski definition) is 3. The van der Waals surface area contributed by atoms with Gasteiger partial charge in [0.25, 0.3) is 0 Å². The first-order chi connectivity index (χ1) is 12.4. The van der Waals surface area contributed by atoms with E-state index in [1.54, 1.807) is 12.4 Å². The molecule has 1 aliphatic heterocycles. The first kappa shape index (κ1) is 14.6. The largest absolute Gasteiger partial charge is 0.327 e. The molecule has 126 valence electrons. The number of imidazole rings is 1. The molecule has 0 radical (unpaired) electrons. The van der Waals surface area contributed by atoms with E-state index < -0.39 is 0 Å². The second-order valence-electron chi connectivity index (χ2n) is 6.02. The Hall–Kier alpha value is -2.78. The zero-order chi connectivity index (χ0) is 16.6. The smallest absolute Gasteiger partial charge is 0.180 e. The highest BCUT2D eigenvalue weighted by Gasteiger charge is 2.22. The van der Waals surface area contributed by atoms with E-state index in [0.717, 1.165) is 47.2 Å². The molecule has 0 amide bonds. The lowest BCUT2D eigenvalue weighted by molar-refractivity contribution is 0.766. The van der Waals surface area contributed by atoms with Crippen molar-refractivity contribution in [1.82, 2.24) is 34.3 Å². The molecular formula is C16H16N8S. The van der Waals surface area contributed by atoms with E-state index in [1.807, 2.05) is 29.2 Å². The van der Waals surface area contributed by atoms with E-state index in [1.165, 1.54) is 17.1 Å². The average molecular weight is 352 g/mol. The molecule has 4 aromatic heterocycles. The molecule has 8 nitrogen and oxygen atoms in total. The number of aromatic nitrogens is 6. The molecule has 0 aromatic carbocycles. The minimum atomic E-state index is 0.502. The molecule has 1 atom stereocenters. The number of aromatic amines is 1. The van der Waals surface area contributed by atoms with E-state index in [9.17, 15) is 0 Å². The van der Waals surface area contributed by atoms with Crippen molar-refractivity contribution in [3.8, 4) is 11.3 Å². The van der Waals surface area contributed by atoms with Crippen LogP contribution in [0.1, 0.15) is 17.9 Å². The van der Waals surface area contributed by atoms with Crippen LogP contribution in [0.15, 0.2) is 37.2 Å². The number of hydrogen-bond acceptors (Lipinski definition) is 7. The van der Waals surface area contributed by atoms with Gasteiger partial charge >= 0.3 is 0 Å². The standard InChI is InChI=1S/C16H16N8S/c1-2-17-5-10(1)12-8-22-25-16(12)23-14-15-19-9-13(11-6-20-21-7-11)24(15)4-3-18-14/h3-4,6-10,17H,1-2,5H2,(H,18,23)(H,20,21). The van der Waals surface area contributed by atoms with Gasteiger partial charge in [0.2, 0.25) is 0 Å². The predicted octanol–water partition coefficient (Wildman–Crippen LogP) is 2.40. The summed E-state index contributed by atoms with van der Waals surface area (Å²) in [6.07, 6.45) is 12.3. The Morgan fingerprint density at radius 3 is 3.08 bits per heavy atom. The molecule has 0 aliphatic carbocycles. The molecule has 3 N–H and O–H groups in total. The van der Waals surface area contributed by atoms with Crippen LogP contribution in [0.25, 0.3) is 16.9 Å². The van der Waals surface area contributed by atoms with Gasteiger partial charge in [-0.2, -0.15) is 9.47 Å². The van der Waals surface area contributed by atoms with Crippen molar-refractivity contribution >= 4 is 28.0 Å². The summed E-state index contributed by atoms with van der Waals surface area (Å²) in [5.74, 6) is 1.23. The first-order valence-electron chi connectivity index (χ1n) is 8.13. The van der Waals surface area contributed by atoms with Crippen molar-refractivity contribution < 1.29 is 0 Å². The maximum Gasteiger partial charge on any atom is 0.180 e. The van der Waals surface area contributed by atoms with Gasteiger partial charge in [-0.1, -0.05) is 0 Å². The van der Waals surface area contributed by atoms with Crippen LogP contribution in [-0.2, 0) is 0 Å². The number of rotatable bonds is 4. The lowest BCUT2D eigenvalue weighted by Crippen LogP contribution is -2.08. The van der Waals surface area contributed by atoms with Crippen LogP contribution in [0.4, 0.5) is 10.8 Å². The molecule has 5 rings (SSSR count). The Morgan fingerprint density at radius 1 is 1.24 bits per heavy atom. The highest BCUT2D eigenvalue weighted by atomic mass is 32.1. The fraction of sp³-hybridized carbons (Fsp3) is 0.250. The summed E-state index contributed by atoms with van der Waals surface area (Å²) >= 11 is 1.46. The van der Waals surface area contributed by atoms with Crippen molar-refractivity contribution in [2.45, 2.75) is 12.3 Å². The van der Waals surface area contributed by atoms with Gasteiger partial charge in [-0.05, 0) is 24.5 Å². The van der Waals surface area contributed by atoms with Gasteiger partial charge in [-0.15, -0.1) is 0 Å². The minimum Gasteiger partial charge on any atom is -0.327 e. The summed E-state index contributed by atoms with van der Waals surface area (Å²) in [5, 5.41) is 14.7. The number of H-pyrrole nitrogens is 1. The zero-order valence-electron chi connectivity index (χ0n) is 13.3. The van der Waals surface area contributed by atoms with Gasteiger partial charge in [-0.25, -0.2) is 9.97 Å². The molecule has 0 bridgehead atoms. The number of nitrogens with one attached hydrogen (secondary N) is 3. The second kappa shape index (κ2) is 5.94. The summed E-state index contributed by atoms with van der Waals surface area (Å²) in [6.45, 7) is 2.06. The number of anilines is 2. The molecule has 9 heteroatoms. The maximum atomic E-state index is 4.55. The van der Waals surface area contributed by atoms with E-state index in [4.69, 9.17) is 0 Å². The third-order valence-corrected chi connectivity index (χ3v) is 5.28. The predicted molar refractivity (Wildman–Crippen MR) is 96.2 cm³/mol. The summed E-state index contributed by atoms with van der Waals surface area (Å²) in [5.41, 5.74) is 3.99. The Labute approximate surface area is 147 Å². The summed E-state index contributed by atoms with van der Waals surface area (Å²) in [6, 6.07) is 0. The van der Waals surface area contributed by atoms with Crippen molar-refractivity contribution in [2.75, 3.05) is 18.4 Å². The Bertz CT molecular complexity index is 996. The van der Waals surface area contributed by atoms with Crippen LogP contribution in [-0.4, -0.2) is 42.0 Å². The van der Waals surface area contributed by atoms with Crippen LogP contribution in [0, 0.1) is 0 Å². The summed E-state index contributed by atoms with van der Waals surface area (Å²) < 4.78 is 6.38. The fourth-order valence-corrected chi connectivity index (χ4v) is 4.01. The Balaban J connectivity index is 1.53. The quantitative estimate of drug-likeness (QED) is 0.522. The van der Waals surface area contributed by atoms with Crippen LogP contribution in [0.2, 0.25) is 0 Å². The summed E-state index contributed by atoms with van der Waals surface area (Å²) in [7, 11) is 0. The van der Waals surface area contributed by atoms with Crippen LogP contribution < -0.4 is 10.6 Å². The average Bonchev–Trinajstić information content (AvgIpc) is 3.40. The highest BCUT2D eigenvalue weighted by molar-refractivity contribution is 7.10. The van der Waals surface area contributed by atoms with Crippen LogP contribution >= 0.6 is 11.5 Å². The second-order valence-corrected chi connectivity index (χ2v) is 6.83. The molecule has 4 aromatic rings. The Kier molecular flexibility index (Phi) is 3.46. The summed E-state index contributed by atoms with van der Waals surface area (Å²) in [4.78, 5) is 9.04.